The molecule has 3 heterocycles. The van der Waals surface area contributed by atoms with Crippen molar-refractivity contribution in [1.29, 1.82) is 0 Å². The van der Waals surface area contributed by atoms with Crippen molar-refractivity contribution >= 4 is 34.6 Å². The van der Waals surface area contributed by atoms with Gasteiger partial charge in [0.25, 0.3) is 0 Å². The summed E-state index contributed by atoms with van der Waals surface area (Å²) >= 11 is 6.33. The lowest BCUT2D eigenvalue weighted by molar-refractivity contribution is -0.0562. The van der Waals surface area contributed by atoms with E-state index in [1.807, 2.05) is 38.1 Å². The van der Waals surface area contributed by atoms with E-state index < -0.39 is 30.4 Å². The third-order valence-electron chi connectivity index (χ3n) is 6.14. The fraction of sp³-hybridized carbons (Fsp3) is 0.259. The van der Waals surface area contributed by atoms with Gasteiger partial charge in [-0.25, -0.2) is 19.6 Å². The molecule has 0 amide bonds. The molecule has 0 radical (unpaired) electrons. The molecule has 8 nitrogen and oxygen atoms in total. The molecule has 0 spiro atoms. The van der Waals surface area contributed by atoms with Gasteiger partial charge in [0.15, 0.2) is 5.15 Å². The average Bonchev–Trinajstić information content (AvgIpc) is 3.48. The number of rotatable bonds is 6. The van der Waals surface area contributed by atoms with Crippen molar-refractivity contribution in [2.24, 2.45) is 0 Å². The van der Waals surface area contributed by atoms with Gasteiger partial charge in [0, 0.05) is 12.6 Å². The molecule has 0 saturated carbocycles. The van der Waals surface area contributed by atoms with E-state index in [2.05, 4.69) is 9.97 Å². The van der Waals surface area contributed by atoms with Crippen molar-refractivity contribution in [2.45, 2.75) is 38.7 Å². The SMILES string of the molecule is Cc1ccc(C(=O)OC[C@H]2O[C@@H](n3cnc4ccnc(Cl)c43)C[C@@H]2OC(=O)c2ccc(C)cc2)cc1. The number of hydrogen-bond acceptors (Lipinski definition) is 7. The number of carbonyl (C=O) groups is 2. The Kier molecular flexibility index (Phi) is 6.71. The lowest BCUT2D eigenvalue weighted by atomic mass is 10.1. The summed E-state index contributed by atoms with van der Waals surface area (Å²) in [5.74, 6) is -0.958. The van der Waals surface area contributed by atoms with E-state index in [4.69, 9.17) is 25.8 Å². The largest absolute Gasteiger partial charge is 0.459 e. The Morgan fingerprint density at radius 1 is 0.972 bits per heavy atom. The Labute approximate surface area is 212 Å². The minimum Gasteiger partial charge on any atom is -0.459 e. The maximum Gasteiger partial charge on any atom is 0.338 e. The molecule has 1 aliphatic heterocycles. The molecular formula is C27H24ClN3O5. The fourth-order valence-electron chi connectivity index (χ4n) is 4.13. The highest BCUT2D eigenvalue weighted by molar-refractivity contribution is 6.33. The molecule has 0 aliphatic carbocycles. The molecule has 2 aromatic heterocycles. The summed E-state index contributed by atoms with van der Waals surface area (Å²) in [5.41, 5.74) is 4.22. The lowest BCUT2D eigenvalue weighted by Gasteiger charge is -2.19. The maximum atomic E-state index is 12.9. The van der Waals surface area contributed by atoms with Crippen molar-refractivity contribution in [1.82, 2.24) is 14.5 Å². The zero-order valence-electron chi connectivity index (χ0n) is 19.8. The van der Waals surface area contributed by atoms with Crippen molar-refractivity contribution in [3.05, 3.63) is 94.5 Å². The second-order valence-corrected chi connectivity index (χ2v) is 9.12. The molecule has 1 aliphatic rings. The quantitative estimate of drug-likeness (QED) is 0.267. The molecule has 9 heteroatoms. The molecule has 3 atom stereocenters. The number of pyridine rings is 1. The highest BCUT2D eigenvalue weighted by Gasteiger charge is 2.40. The minimum absolute atomic E-state index is 0.0896. The number of imidazole rings is 1. The normalized spacial score (nSPS) is 19.4. The van der Waals surface area contributed by atoms with Crippen molar-refractivity contribution < 1.29 is 23.8 Å². The van der Waals surface area contributed by atoms with Crippen LogP contribution in [0, 0.1) is 13.8 Å². The minimum atomic E-state index is -0.688. The smallest absolute Gasteiger partial charge is 0.338 e. The van der Waals surface area contributed by atoms with Crippen LogP contribution in [0.15, 0.2) is 67.1 Å². The maximum absolute atomic E-state index is 12.9. The van der Waals surface area contributed by atoms with Gasteiger partial charge >= 0.3 is 11.9 Å². The number of hydrogen-bond donors (Lipinski definition) is 0. The summed E-state index contributed by atoms with van der Waals surface area (Å²) in [6.07, 6.45) is 1.62. The van der Waals surface area contributed by atoms with Crippen LogP contribution < -0.4 is 0 Å². The molecule has 1 saturated heterocycles. The van der Waals surface area contributed by atoms with E-state index in [0.29, 0.717) is 28.6 Å². The predicted octanol–water partition coefficient (Wildman–Crippen LogP) is 5.07. The van der Waals surface area contributed by atoms with Gasteiger partial charge in [-0.2, -0.15) is 0 Å². The highest BCUT2D eigenvalue weighted by atomic mass is 35.5. The Morgan fingerprint density at radius 2 is 1.61 bits per heavy atom. The first-order valence-electron chi connectivity index (χ1n) is 11.5. The molecule has 1 fully saturated rings. The van der Waals surface area contributed by atoms with Crippen LogP contribution in [-0.2, 0) is 14.2 Å². The Bertz CT molecular complexity index is 1400. The molecule has 0 bridgehead atoms. The summed E-state index contributed by atoms with van der Waals surface area (Å²) in [7, 11) is 0. The molecule has 5 rings (SSSR count). The van der Waals surface area contributed by atoms with E-state index in [1.165, 1.54) is 0 Å². The average molecular weight is 506 g/mol. The molecule has 4 aromatic rings. The lowest BCUT2D eigenvalue weighted by Crippen LogP contribution is -2.32. The van der Waals surface area contributed by atoms with E-state index in [9.17, 15) is 9.59 Å². The second-order valence-electron chi connectivity index (χ2n) is 8.76. The van der Waals surface area contributed by atoms with Crippen molar-refractivity contribution in [2.75, 3.05) is 6.61 Å². The van der Waals surface area contributed by atoms with Crippen LogP contribution in [-0.4, -0.2) is 45.3 Å². The number of nitrogens with zero attached hydrogens (tertiary/aromatic N) is 3. The number of esters is 2. The Hall–Kier alpha value is -3.75. The third-order valence-corrected chi connectivity index (χ3v) is 6.42. The monoisotopic (exact) mass is 505 g/mol. The first kappa shape index (κ1) is 24.0. The summed E-state index contributed by atoms with van der Waals surface area (Å²) in [6, 6.07) is 16.0. The number of benzene rings is 2. The van der Waals surface area contributed by atoms with E-state index in [0.717, 1.165) is 11.1 Å². The number of aromatic nitrogens is 3. The van der Waals surface area contributed by atoms with E-state index in [-0.39, 0.29) is 11.8 Å². The second kappa shape index (κ2) is 10.1. The van der Waals surface area contributed by atoms with Crippen LogP contribution in [0.5, 0.6) is 0 Å². The number of halogens is 1. The van der Waals surface area contributed by atoms with Gasteiger partial charge in [-0.3, -0.25) is 0 Å². The van der Waals surface area contributed by atoms with Crippen LogP contribution in [0.2, 0.25) is 5.15 Å². The molecule has 184 valence electrons. The number of carbonyl (C=O) groups excluding carboxylic acids is 2. The standard InChI is InChI=1S/C27H24ClN3O5/c1-16-3-7-18(8-4-16)26(32)34-14-22-21(36-27(33)19-9-5-17(2)6-10-19)13-23(35-22)31-15-30-20-11-12-29-25(28)24(20)31/h3-12,15,21-23H,13-14H2,1-2H3/t21-,22+,23+/m0/s1. The van der Waals surface area contributed by atoms with Gasteiger partial charge in [-0.05, 0) is 44.2 Å². The zero-order chi connectivity index (χ0) is 25.2. The Balaban J connectivity index is 1.36. The number of aryl methyl sites for hydroxylation is 2. The molecule has 36 heavy (non-hydrogen) atoms. The van der Waals surface area contributed by atoms with Crippen molar-refractivity contribution in [3.63, 3.8) is 0 Å². The van der Waals surface area contributed by atoms with E-state index >= 15 is 0 Å². The van der Waals surface area contributed by atoms with Crippen LogP contribution in [0.25, 0.3) is 11.0 Å². The third kappa shape index (κ3) is 4.96. The fourth-order valence-corrected chi connectivity index (χ4v) is 4.38. The highest BCUT2D eigenvalue weighted by Crippen LogP contribution is 2.35. The van der Waals surface area contributed by atoms with Crippen LogP contribution in [0.4, 0.5) is 0 Å². The predicted molar refractivity (Wildman–Crippen MR) is 133 cm³/mol. The van der Waals surface area contributed by atoms with Gasteiger partial charge in [0.05, 0.1) is 23.0 Å². The van der Waals surface area contributed by atoms with Gasteiger partial charge < -0.3 is 18.8 Å². The topological polar surface area (TPSA) is 92.5 Å². The van der Waals surface area contributed by atoms with Gasteiger partial charge in [0.2, 0.25) is 0 Å². The van der Waals surface area contributed by atoms with Gasteiger partial charge in [0.1, 0.15) is 30.6 Å². The summed E-state index contributed by atoms with van der Waals surface area (Å²) in [5, 5.41) is 0.288. The molecule has 0 unspecified atom stereocenters. The summed E-state index contributed by atoms with van der Waals surface area (Å²) in [4.78, 5) is 34.0. The molecular weight excluding hydrogens is 482 g/mol. The summed E-state index contributed by atoms with van der Waals surface area (Å²) in [6.45, 7) is 3.79. The van der Waals surface area contributed by atoms with Gasteiger partial charge in [-0.15, -0.1) is 0 Å². The van der Waals surface area contributed by atoms with Crippen molar-refractivity contribution in [3.8, 4) is 0 Å². The van der Waals surface area contributed by atoms with Crippen LogP contribution in [0.1, 0.15) is 44.5 Å². The first-order valence-corrected chi connectivity index (χ1v) is 11.9. The Morgan fingerprint density at radius 3 is 2.28 bits per heavy atom. The first-order chi connectivity index (χ1) is 17.4. The number of fused-ring (bicyclic) bond motifs is 1. The molecule has 0 N–H and O–H groups in total. The molecule has 2 aromatic carbocycles. The van der Waals surface area contributed by atoms with E-state index in [1.54, 1.807) is 47.4 Å². The van der Waals surface area contributed by atoms with Crippen LogP contribution in [0.3, 0.4) is 0 Å². The van der Waals surface area contributed by atoms with Gasteiger partial charge in [-0.1, -0.05) is 47.0 Å². The zero-order valence-corrected chi connectivity index (χ0v) is 20.5. The van der Waals surface area contributed by atoms with Crippen LogP contribution >= 0.6 is 11.6 Å². The summed E-state index contributed by atoms with van der Waals surface area (Å²) < 4.78 is 19.4. The number of ether oxygens (including phenoxy) is 3.